The second-order valence-corrected chi connectivity index (χ2v) is 3.33. The van der Waals surface area contributed by atoms with E-state index in [1.807, 2.05) is 0 Å². The van der Waals surface area contributed by atoms with Crippen LogP contribution < -0.4 is 5.56 Å². The molecule has 0 fully saturated rings. The number of hydrogen-bond donors (Lipinski definition) is 1. The number of halogens is 2. The molecule has 0 atom stereocenters. The summed E-state index contributed by atoms with van der Waals surface area (Å²) >= 11 is 11.5. The van der Waals surface area contributed by atoms with E-state index in [4.69, 9.17) is 23.2 Å². The monoisotopic (exact) mass is 214 g/mol. The van der Waals surface area contributed by atoms with Crippen molar-refractivity contribution in [3.05, 3.63) is 38.9 Å². The van der Waals surface area contributed by atoms with Gasteiger partial charge in [-0.25, -0.2) is 4.98 Å². The van der Waals surface area contributed by atoms with Crippen LogP contribution in [0.1, 0.15) is 0 Å². The molecule has 13 heavy (non-hydrogen) atoms. The number of pyridine rings is 2. The van der Waals surface area contributed by atoms with Crippen LogP contribution in [0.25, 0.3) is 10.9 Å². The van der Waals surface area contributed by atoms with E-state index in [0.717, 1.165) is 0 Å². The van der Waals surface area contributed by atoms with Gasteiger partial charge >= 0.3 is 0 Å². The van der Waals surface area contributed by atoms with Gasteiger partial charge in [-0.15, -0.1) is 0 Å². The molecule has 1 N–H and O–H groups in total. The summed E-state index contributed by atoms with van der Waals surface area (Å²) in [4.78, 5) is 17.4. The summed E-state index contributed by atoms with van der Waals surface area (Å²) in [5, 5.41) is 1.42. The van der Waals surface area contributed by atoms with E-state index < -0.39 is 0 Å². The Kier molecular flexibility index (Phi) is 1.98. The molecule has 2 rings (SSSR count). The van der Waals surface area contributed by atoms with Crippen LogP contribution in [0.4, 0.5) is 0 Å². The number of nitrogens with zero attached hydrogens (tertiary/aromatic N) is 1. The van der Waals surface area contributed by atoms with Crippen LogP contribution in [0.15, 0.2) is 23.1 Å². The van der Waals surface area contributed by atoms with Crippen molar-refractivity contribution in [1.29, 1.82) is 0 Å². The van der Waals surface area contributed by atoms with E-state index in [1.54, 1.807) is 6.07 Å². The summed E-state index contributed by atoms with van der Waals surface area (Å²) < 4.78 is 0. The van der Waals surface area contributed by atoms with Gasteiger partial charge in [-0.3, -0.25) is 4.79 Å². The summed E-state index contributed by atoms with van der Waals surface area (Å²) in [6.07, 6.45) is 1.48. The van der Waals surface area contributed by atoms with Crippen LogP contribution >= 0.6 is 23.2 Å². The van der Waals surface area contributed by atoms with Gasteiger partial charge in [0.2, 0.25) is 5.56 Å². The molecule has 0 unspecified atom stereocenters. The second-order valence-electron chi connectivity index (χ2n) is 2.53. The number of rotatable bonds is 0. The first-order valence-electron chi connectivity index (χ1n) is 3.51. The maximum atomic E-state index is 11.0. The van der Waals surface area contributed by atoms with Crippen LogP contribution in [0.2, 0.25) is 10.2 Å². The second kappa shape index (κ2) is 3.01. The van der Waals surface area contributed by atoms with Gasteiger partial charge in [0.25, 0.3) is 0 Å². The molecule has 0 aliphatic heterocycles. The first kappa shape index (κ1) is 8.53. The zero-order valence-corrected chi connectivity index (χ0v) is 7.86. The van der Waals surface area contributed by atoms with Crippen molar-refractivity contribution in [3.8, 4) is 0 Å². The normalized spacial score (nSPS) is 10.6. The number of aromatic amines is 1. The van der Waals surface area contributed by atoms with Gasteiger partial charge in [0, 0.05) is 11.5 Å². The average Bonchev–Trinajstić information content (AvgIpc) is 2.06. The highest BCUT2D eigenvalue weighted by Gasteiger charge is 2.01. The Hall–Kier alpha value is -1.06. The van der Waals surface area contributed by atoms with Gasteiger partial charge in [-0.2, -0.15) is 0 Å². The minimum atomic E-state index is -0.248. The van der Waals surface area contributed by atoms with Crippen molar-refractivity contribution in [2.45, 2.75) is 0 Å². The van der Waals surface area contributed by atoms with Crippen LogP contribution in [-0.4, -0.2) is 9.97 Å². The number of nitrogens with one attached hydrogen (secondary N) is 1. The Morgan fingerprint density at radius 3 is 2.85 bits per heavy atom. The SMILES string of the molecule is O=c1cc(Cl)c2cc(Cl)ncc2[nH]1. The van der Waals surface area contributed by atoms with E-state index in [2.05, 4.69) is 9.97 Å². The minimum absolute atomic E-state index is 0.248. The zero-order chi connectivity index (χ0) is 9.42. The van der Waals surface area contributed by atoms with E-state index in [9.17, 15) is 4.79 Å². The smallest absolute Gasteiger partial charge is 0.249 e. The van der Waals surface area contributed by atoms with Gasteiger partial charge in [0.05, 0.1) is 16.7 Å². The van der Waals surface area contributed by atoms with E-state index >= 15 is 0 Å². The maximum Gasteiger partial charge on any atom is 0.249 e. The lowest BCUT2D eigenvalue weighted by Gasteiger charge is -1.98. The quantitative estimate of drug-likeness (QED) is 0.685. The molecule has 0 saturated carbocycles. The van der Waals surface area contributed by atoms with Crippen LogP contribution in [0, 0.1) is 0 Å². The summed E-state index contributed by atoms with van der Waals surface area (Å²) in [5.74, 6) is 0. The molecule has 0 aliphatic carbocycles. The highest BCUT2D eigenvalue weighted by Crippen LogP contribution is 2.21. The van der Waals surface area contributed by atoms with Crippen molar-refractivity contribution in [3.63, 3.8) is 0 Å². The molecular formula is C8H4Cl2N2O. The molecule has 66 valence electrons. The molecule has 0 spiro atoms. The molecule has 0 bridgehead atoms. The molecule has 0 aromatic carbocycles. The third kappa shape index (κ3) is 1.53. The third-order valence-electron chi connectivity index (χ3n) is 1.64. The predicted octanol–water partition coefficient (Wildman–Crippen LogP) is 2.23. The fourth-order valence-electron chi connectivity index (χ4n) is 1.09. The Bertz CT molecular complexity index is 521. The molecule has 0 saturated heterocycles. The molecule has 0 amide bonds. The minimum Gasteiger partial charge on any atom is -0.321 e. The van der Waals surface area contributed by atoms with Gasteiger partial charge in [-0.1, -0.05) is 23.2 Å². The summed E-state index contributed by atoms with van der Waals surface area (Å²) in [5.41, 5.74) is 0.337. The first-order valence-corrected chi connectivity index (χ1v) is 4.26. The highest BCUT2D eigenvalue weighted by atomic mass is 35.5. The summed E-state index contributed by atoms with van der Waals surface area (Å²) in [6.45, 7) is 0. The van der Waals surface area contributed by atoms with Gasteiger partial charge in [0.1, 0.15) is 5.15 Å². The number of H-pyrrole nitrogens is 1. The lowest BCUT2D eigenvalue weighted by molar-refractivity contribution is 1.26. The lowest BCUT2D eigenvalue weighted by atomic mass is 10.3. The van der Waals surface area contributed by atoms with Crippen LogP contribution in [-0.2, 0) is 0 Å². The largest absolute Gasteiger partial charge is 0.321 e. The standard InChI is InChI=1S/C8H4Cl2N2O/c9-5-2-8(13)12-6-3-11-7(10)1-4(5)6/h1-3H,(H,12,13). The van der Waals surface area contributed by atoms with E-state index in [-0.39, 0.29) is 5.56 Å². The van der Waals surface area contributed by atoms with E-state index in [0.29, 0.717) is 21.1 Å². The van der Waals surface area contributed by atoms with Gasteiger partial charge in [-0.05, 0) is 6.07 Å². The molecule has 2 aromatic heterocycles. The molecule has 2 aromatic rings. The molecule has 0 radical (unpaired) electrons. The fourth-order valence-corrected chi connectivity index (χ4v) is 1.50. The molecule has 2 heterocycles. The predicted molar refractivity (Wildman–Crippen MR) is 52.4 cm³/mol. The summed E-state index contributed by atoms with van der Waals surface area (Å²) in [7, 11) is 0. The number of hydrogen-bond acceptors (Lipinski definition) is 2. The fraction of sp³-hybridized carbons (Fsp3) is 0. The van der Waals surface area contributed by atoms with Crippen molar-refractivity contribution in [1.82, 2.24) is 9.97 Å². The van der Waals surface area contributed by atoms with Gasteiger partial charge < -0.3 is 4.98 Å². The zero-order valence-electron chi connectivity index (χ0n) is 6.34. The molecular weight excluding hydrogens is 211 g/mol. The molecule has 5 heteroatoms. The average molecular weight is 215 g/mol. The maximum absolute atomic E-state index is 11.0. The Labute approximate surface area is 83.3 Å². The van der Waals surface area contributed by atoms with Crippen molar-refractivity contribution >= 4 is 34.1 Å². The first-order chi connectivity index (χ1) is 6.16. The Morgan fingerprint density at radius 1 is 1.31 bits per heavy atom. The highest BCUT2D eigenvalue weighted by molar-refractivity contribution is 6.36. The molecule has 0 aliphatic rings. The number of aromatic nitrogens is 2. The third-order valence-corrected chi connectivity index (χ3v) is 2.16. The van der Waals surface area contributed by atoms with Crippen molar-refractivity contribution in [2.75, 3.05) is 0 Å². The Balaban J connectivity index is 2.95. The van der Waals surface area contributed by atoms with E-state index in [1.165, 1.54) is 12.3 Å². The van der Waals surface area contributed by atoms with Gasteiger partial charge in [0.15, 0.2) is 0 Å². The lowest BCUT2D eigenvalue weighted by Crippen LogP contribution is -2.03. The number of fused-ring (bicyclic) bond motifs is 1. The Morgan fingerprint density at radius 2 is 2.08 bits per heavy atom. The topological polar surface area (TPSA) is 45.8 Å². The summed E-state index contributed by atoms with van der Waals surface area (Å²) in [6, 6.07) is 2.91. The molecule has 3 nitrogen and oxygen atoms in total. The van der Waals surface area contributed by atoms with Crippen LogP contribution in [0.5, 0.6) is 0 Å². The van der Waals surface area contributed by atoms with Crippen LogP contribution in [0.3, 0.4) is 0 Å². The van der Waals surface area contributed by atoms with Crippen molar-refractivity contribution < 1.29 is 0 Å². The van der Waals surface area contributed by atoms with Crippen molar-refractivity contribution in [2.24, 2.45) is 0 Å².